The van der Waals surface area contributed by atoms with E-state index in [1.165, 1.54) is 11.8 Å². The van der Waals surface area contributed by atoms with E-state index in [2.05, 4.69) is 12.1 Å². The zero-order valence-electron chi connectivity index (χ0n) is 14.4. The Morgan fingerprint density at radius 3 is 2.52 bits per heavy atom. The van der Waals surface area contributed by atoms with Gasteiger partial charge in [0.1, 0.15) is 17.8 Å². The summed E-state index contributed by atoms with van der Waals surface area (Å²) in [5.41, 5.74) is 7.45. The monoisotopic (exact) mass is 364 g/mol. The third-order valence-corrected chi connectivity index (χ3v) is 4.69. The quantitative estimate of drug-likeness (QED) is 0.884. The Labute approximate surface area is 154 Å². The summed E-state index contributed by atoms with van der Waals surface area (Å²) in [7, 11) is 1.68. The highest BCUT2D eigenvalue weighted by Gasteiger charge is 2.24. The van der Waals surface area contributed by atoms with Crippen molar-refractivity contribution in [1.82, 2.24) is 4.90 Å². The zero-order valence-corrected chi connectivity index (χ0v) is 15.3. The van der Waals surface area contributed by atoms with Crippen molar-refractivity contribution in [3.63, 3.8) is 0 Å². The van der Waals surface area contributed by atoms with E-state index in [0.29, 0.717) is 23.8 Å². The lowest BCUT2D eigenvalue weighted by Crippen LogP contribution is -2.38. The van der Waals surface area contributed by atoms with E-state index in [0.717, 1.165) is 38.1 Å². The van der Waals surface area contributed by atoms with Gasteiger partial charge in [0.25, 0.3) is 5.91 Å². The van der Waals surface area contributed by atoms with Crippen molar-refractivity contribution in [3.05, 3.63) is 53.5 Å². The van der Waals surface area contributed by atoms with Crippen LogP contribution in [0, 0.1) is 5.92 Å². The number of likely N-dealkylation sites (tertiary alicyclic amines) is 1. The Morgan fingerprint density at radius 1 is 1.28 bits per heavy atom. The van der Waals surface area contributed by atoms with Gasteiger partial charge >= 0.3 is 0 Å². The van der Waals surface area contributed by atoms with Crippen molar-refractivity contribution in [2.45, 2.75) is 25.8 Å². The molecule has 0 spiro atoms. The fourth-order valence-corrected chi connectivity index (χ4v) is 3.22. The molecule has 2 aromatic rings. The van der Waals surface area contributed by atoms with Gasteiger partial charge in [0.2, 0.25) is 0 Å². The van der Waals surface area contributed by atoms with Crippen LogP contribution in [-0.2, 0) is 13.0 Å². The summed E-state index contributed by atoms with van der Waals surface area (Å²) in [6.07, 6.45) is 4.61. The van der Waals surface area contributed by atoms with Crippen LogP contribution >= 0.6 is 12.4 Å². The molecule has 2 N–H and O–H groups in total. The van der Waals surface area contributed by atoms with Gasteiger partial charge < -0.3 is 19.8 Å². The largest absolute Gasteiger partial charge is 0.497 e. The average Bonchev–Trinajstić information content (AvgIpc) is 3.11. The first-order valence-electron chi connectivity index (χ1n) is 8.39. The standard InChI is InChI=1S/C19H24N2O3.ClH/c1-23-17-4-2-14(3-5-17)10-15-6-8-21(9-7-15)19(22)16-11-18(12-20)24-13-16;/h2-5,11,13,15H,6-10,12,20H2,1H3;1H. The van der Waals surface area contributed by atoms with Gasteiger partial charge in [-0.25, -0.2) is 0 Å². The average molecular weight is 365 g/mol. The molecule has 0 radical (unpaired) electrons. The van der Waals surface area contributed by atoms with Gasteiger partial charge in [0.15, 0.2) is 0 Å². The van der Waals surface area contributed by atoms with Crippen molar-refractivity contribution in [2.24, 2.45) is 11.7 Å². The number of piperidine rings is 1. The summed E-state index contributed by atoms with van der Waals surface area (Å²) in [5, 5.41) is 0. The molecule has 1 aromatic carbocycles. The van der Waals surface area contributed by atoms with E-state index < -0.39 is 0 Å². The lowest BCUT2D eigenvalue weighted by Gasteiger charge is -2.31. The number of benzene rings is 1. The second-order valence-corrected chi connectivity index (χ2v) is 6.29. The number of nitrogens with two attached hydrogens (primary N) is 1. The van der Waals surface area contributed by atoms with Gasteiger partial charge in [0.05, 0.1) is 19.2 Å². The van der Waals surface area contributed by atoms with E-state index in [4.69, 9.17) is 14.9 Å². The number of carbonyl (C=O) groups excluding carboxylic acids is 1. The van der Waals surface area contributed by atoms with Crippen molar-refractivity contribution in [1.29, 1.82) is 0 Å². The predicted octanol–water partition coefficient (Wildman–Crippen LogP) is 3.26. The molecule has 5 nitrogen and oxygen atoms in total. The molecule has 0 atom stereocenters. The van der Waals surface area contributed by atoms with Gasteiger partial charge in [-0.1, -0.05) is 12.1 Å². The number of ether oxygens (including phenoxy) is 1. The number of furan rings is 1. The van der Waals surface area contributed by atoms with Crippen molar-refractivity contribution in [2.75, 3.05) is 20.2 Å². The minimum absolute atomic E-state index is 0. The molecular weight excluding hydrogens is 340 g/mol. The lowest BCUT2D eigenvalue weighted by molar-refractivity contribution is 0.0690. The number of rotatable bonds is 5. The summed E-state index contributed by atoms with van der Waals surface area (Å²) in [4.78, 5) is 14.4. The Kier molecular flexibility index (Phi) is 6.91. The maximum atomic E-state index is 12.5. The van der Waals surface area contributed by atoms with Crippen molar-refractivity contribution in [3.8, 4) is 5.75 Å². The smallest absolute Gasteiger partial charge is 0.257 e. The molecule has 136 valence electrons. The third-order valence-electron chi connectivity index (χ3n) is 4.69. The number of amides is 1. The fraction of sp³-hybridized carbons (Fsp3) is 0.421. The molecule has 0 bridgehead atoms. The van der Waals surface area contributed by atoms with Gasteiger partial charge in [-0.15, -0.1) is 12.4 Å². The first-order valence-corrected chi connectivity index (χ1v) is 8.39. The Bertz CT molecular complexity index is 676. The molecule has 25 heavy (non-hydrogen) atoms. The third kappa shape index (κ3) is 4.77. The maximum Gasteiger partial charge on any atom is 0.257 e. The fourth-order valence-electron chi connectivity index (χ4n) is 3.22. The van der Waals surface area contributed by atoms with E-state index in [1.54, 1.807) is 13.2 Å². The number of methoxy groups -OCH3 is 1. The summed E-state index contributed by atoms with van der Waals surface area (Å²) >= 11 is 0. The molecule has 1 aliphatic rings. The molecule has 3 rings (SSSR count). The van der Waals surface area contributed by atoms with Crippen LogP contribution in [0.15, 0.2) is 41.0 Å². The molecule has 0 aliphatic carbocycles. The molecule has 1 fully saturated rings. The van der Waals surface area contributed by atoms with E-state index in [9.17, 15) is 4.79 Å². The topological polar surface area (TPSA) is 68.7 Å². The van der Waals surface area contributed by atoms with E-state index in [1.807, 2.05) is 17.0 Å². The number of hydrogen-bond donors (Lipinski definition) is 1. The van der Waals surface area contributed by atoms with Crippen LogP contribution in [-0.4, -0.2) is 31.0 Å². The highest BCUT2D eigenvalue weighted by molar-refractivity contribution is 5.94. The molecule has 6 heteroatoms. The molecule has 2 heterocycles. The Morgan fingerprint density at radius 2 is 1.96 bits per heavy atom. The predicted molar refractivity (Wildman–Crippen MR) is 99.2 cm³/mol. The second kappa shape index (κ2) is 8.92. The Hall–Kier alpha value is -1.98. The van der Waals surface area contributed by atoms with E-state index >= 15 is 0 Å². The normalized spacial score (nSPS) is 14.9. The van der Waals surface area contributed by atoms with Crippen molar-refractivity contribution >= 4 is 18.3 Å². The van der Waals surface area contributed by atoms with Crippen molar-refractivity contribution < 1.29 is 13.9 Å². The van der Waals surface area contributed by atoms with Gasteiger partial charge in [-0.05, 0) is 48.9 Å². The van der Waals surface area contributed by atoms with Crippen LogP contribution < -0.4 is 10.5 Å². The summed E-state index contributed by atoms with van der Waals surface area (Å²) in [6, 6.07) is 9.99. The van der Waals surface area contributed by atoms with Gasteiger partial charge in [0, 0.05) is 13.1 Å². The van der Waals surface area contributed by atoms with Crippen LogP contribution in [0.2, 0.25) is 0 Å². The van der Waals surface area contributed by atoms with Gasteiger partial charge in [-0.2, -0.15) is 0 Å². The molecule has 1 aliphatic heterocycles. The van der Waals surface area contributed by atoms with Crippen LogP contribution in [0.1, 0.15) is 34.5 Å². The summed E-state index contributed by atoms with van der Waals surface area (Å²) in [5.74, 6) is 2.19. The first kappa shape index (κ1) is 19.3. The van der Waals surface area contributed by atoms with Gasteiger partial charge in [-0.3, -0.25) is 4.79 Å². The number of halogens is 1. The zero-order chi connectivity index (χ0) is 16.9. The number of carbonyl (C=O) groups is 1. The van der Waals surface area contributed by atoms with Crippen LogP contribution in [0.25, 0.3) is 0 Å². The summed E-state index contributed by atoms with van der Waals surface area (Å²) in [6.45, 7) is 1.91. The second-order valence-electron chi connectivity index (χ2n) is 6.29. The number of hydrogen-bond acceptors (Lipinski definition) is 4. The van der Waals surface area contributed by atoms with Crippen LogP contribution in [0.4, 0.5) is 0 Å². The molecular formula is C19H25ClN2O3. The minimum atomic E-state index is 0. The van der Waals surface area contributed by atoms with E-state index in [-0.39, 0.29) is 18.3 Å². The van der Waals surface area contributed by atoms with Crippen LogP contribution in [0.3, 0.4) is 0 Å². The number of nitrogens with zero attached hydrogens (tertiary/aromatic N) is 1. The minimum Gasteiger partial charge on any atom is -0.497 e. The molecule has 0 unspecified atom stereocenters. The maximum absolute atomic E-state index is 12.5. The molecule has 1 amide bonds. The molecule has 1 saturated heterocycles. The highest BCUT2D eigenvalue weighted by atomic mass is 35.5. The Balaban J connectivity index is 0.00000225. The highest BCUT2D eigenvalue weighted by Crippen LogP contribution is 2.24. The molecule has 0 saturated carbocycles. The summed E-state index contributed by atoms with van der Waals surface area (Å²) < 4.78 is 10.5. The molecule has 1 aromatic heterocycles. The van der Waals surface area contributed by atoms with Crippen LogP contribution in [0.5, 0.6) is 5.75 Å². The lowest BCUT2D eigenvalue weighted by atomic mass is 9.90. The first-order chi connectivity index (χ1) is 11.7. The SMILES string of the molecule is COc1ccc(CC2CCN(C(=O)c3coc(CN)c3)CC2)cc1.Cl.